The molecule has 0 aromatic rings. The summed E-state index contributed by atoms with van der Waals surface area (Å²) < 4.78 is 58.3. The van der Waals surface area contributed by atoms with Crippen LogP contribution < -0.4 is 0 Å². The van der Waals surface area contributed by atoms with Gasteiger partial charge in [-0.1, -0.05) is 60.1 Å². The number of carbonyl (C=O) groups excluding carboxylic acids is 1. The molecule has 32 unspecified atom stereocenters. The standard InChI is InChI=1S/C59H94O28/c1-54(2)14-16-59(53(77)87-50-40(71)37(68)34(65)28(82-50)22-79-48-38(69)32(63)25(62)21-78-48)17-15-57(6)23(24(59)18-54)8-9-30-56(5)12-11-31(55(3,4)29(56)10-13-58(30,57)7)83-52-43(74)45(41(72)46(86-52)47(75)76)85-51-42(73)44(35(66)27(20-61)81-51)84-49-39(70)36(67)33(64)26(19-60)80-49/h8,24-46,48-52,60-74H,9-22H2,1-7H3,(H,75,76). The molecule has 0 radical (unpaired) electrons. The number of aliphatic carboxylic acids is 1. The topological polar surface area (TPSA) is 450 Å². The Morgan fingerprint density at radius 2 is 1.10 bits per heavy atom. The van der Waals surface area contributed by atoms with Gasteiger partial charge < -0.3 is 129 Å². The zero-order valence-corrected chi connectivity index (χ0v) is 50.2. The van der Waals surface area contributed by atoms with Crippen LogP contribution in [-0.4, -0.2) is 274 Å². The quantitative estimate of drug-likeness (QED) is 0.0456. The molecule has 10 rings (SSSR count). The van der Waals surface area contributed by atoms with E-state index in [1.165, 1.54) is 5.57 Å². The highest BCUT2D eigenvalue weighted by atomic mass is 16.8. The van der Waals surface area contributed by atoms with Crippen molar-refractivity contribution >= 4 is 11.9 Å². The van der Waals surface area contributed by atoms with Crippen molar-refractivity contribution < 1.29 is 139 Å². The third-order valence-corrected chi connectivity index (χ3v) is 23.1. The highest BCUT2D eigenvalue weighted by molar-refractivity contribution is 5.79. The lowest BCUT2D eigenvalue weighted by atomic mass is 9.33. The summed E-state index contributed by atoms with van der Waals surface area (Å²) in [5.74, 6) is -2.39. The number of allylic oxidation sites excluding steroid dienone is 2. The molecule has 0 spiro atoms. The maximum atomic E-state index is 15.1. The van der Waals surface area contributed by atoms with E-state index >= 15 is 4.79 Å². The van der Waals surface area contributed by atoms with Crippen molar-refractivity contribution in [1.29, 1.82) is 0 Å². The summed E-state index contributed by atoms with van der Waals surface area (Å²) in [5, 5.41) is 172. The van der Waals surface area contributed by atoms with Gasteiger partial charge in [-0.3, -0.25) is 4.79 Å². The van der Waals surface area contributed by atoms with Gasteiger partial charge >= 0.3 is 11.9 Å². The van der Waals surface area contributed by atoms with E-state index in [1.807, 2.05) is 0 Å². The maximum Gasteiger partial charge on any atom is 0.335 e. The van der Waals surface area contributed by atoms with Crippen molar-refractivity contribution in [3.05, 3.63) is 11.6 Å². The molecule has 4 saturated carbocycles. The molecule has 5 aliphatic carbocycles. The molecular formula is C59H94O28. The molecular weight excluding hydrogens is 1160 g/mol. The van der Waals surface area contributed by atoms with E-state index < -0.39 is 202 Å². The number of carboxylic acids is 1. The Kier molecular flexibility index (Phi) is 19.3. The van der Waals surface area contributed by atoms with Gasteiger partial charge in [-0.15, -0.1) is 0 Å². The van der Waals surface area contributed by atoms with E-state index in [1.54, 1.807) is 0 Å². The van der Waals surface area contributed by atoms with Gasteiger partial charge in [-0.05, 0) is 109 Å². The number of esters is 1. The first-order valence-electron chi connectivity index (χ1n) is 30.7. The van der Waals surface area contributed by atoms with Crippen LogP contribution in [0.4, 0.5) is 0 Å². The molecule has 5 aliphatic heterocycles. The Hall–Kier alpha value is -2.28. The van der Waals surface area contributed by atoms with Crippen LogP contribution in [0.1, 0.15) is 113 Å². The van der Waals surface area contributed by atoms with Crippen LogP contribution in [-0.2, 0) is 57.0 Å². The lowest BCUT2D eigenvalue weighted by Gasteiger charge is -2.71. The molecule has 5 saturated heterocycles. The molecule has 28 heteroatoms. The Labute approximate surface area is 503 Å². The van der Waals surface area contributed by atoms with Gasteiger partial charge in [0, 0.05) is 0 Å². The number of hydrogen-bond donors (Lipinski definition) is 16. The van der Waals surface area contributed by atoms with Gasteiger partial charge in [0.2, 0.25) is 6.29 Å². The van der Waals surface area contributed by atoms with Crippen LogP contribution in [0.15, 0.2) is 11.6 Å². The monoisotopic (exact) mass is 1250 g/mol. The summed E-state index contributed by atoms with van der Waals surface area (Å²) in [6, 6.07) is 0. The lowest BCUT2D eigenvalue weighted by Crippen LogP contribution is -2.68. The van der Waals surface area contributed by atoms with Gasteiger partial charge in [-0.2, -0.15) is 0 Å². The molecule has 5 heterocycles. The number of hydrogen-bond acceptors (Lipinski definition) is 27. The number of carbonyl (C=O) groups is 2. The van der Waals surface area contributed by atoms with Crippen LogP contribution in [0.3, 0.4) is 0 Å². The predicted molar refractivity (Wildman–Crippen MR) is 290 cm³/mol. The van der Waals surface area contributed by atoms with Crippen molar-refractivity contribution in [3.63, 3.8) is 0 Å². The number of fused-ring (bicyclic) bond motifs is 7. The van der Waals surface area contributed by atoms with Crippen LogP contribution in [0.25, 0.3) is 0 Å². The Balaban J connectivity index is 0.844. The summed E-state index contributed by atoms with van der Waals surface area (Å²) in [6.45, 7) is 12.9. The third kappa shape index (κ3) is 11.5. The van der Waals surface area contributed by atoms with E-state index in [9.17, 15) is 86.5 Å². The Morgan fingerprint density at radius 3 is 1.74 bits per heavy atom. The second-order valence-electron chi connectivity index (χ2n) is 28.7. The van der Waals surface area contributed by atoms with E-state index in [2.05, 4.69) is 54.5 Å². The normalized spacial score (nSPS) is 53.1. The molecule has 28 nitrogen and oxygen atoms in total. The largest absolute Gasteiger partial charge is 0.479 e. The zero-order valence-electron chi connectivity index (χ0n) is 50.2. The number of rotatable bonds is 14. The van der Waals surface area contributed by atoms with Crippen molar-refractivity contribution in [1.82, 2.24) is 0 Å². The number of carboxylic acid groups (broad SMARTS) is 1. The fourth-order valence-electron chi connectivity index (χ4n) is 17.6. The van der Waals surface area contributed by atoms with E-state index in [-0.39, 0.29) is 40.6 Å². The van der Waals surface area contributed by atoms with Crippen molar-refractivity contribution in [2.45, 2.75) is 266 Å². The Bertz CT molecular complexity index is 2470. The molecule has 10 aliphatic rings. The summed E-state index contributed by atoms with van der Waals surface area (Å²) >= 11 is 0. The summed E-state index contributed by atoms with van der Waals surface area (Å²) in [6.07, 6.45) is -34.7. The van der Waals surface area contributed by atoms with Crippen molar-refractivity contribution in [2.75, 3.05) is 26.4 Å². The SMILES string of the molecule is CC1(C)CCC2(C(=O)OC3OC(COC4OCC(O)C(O)C4O)C(O)C(O)C3O)CCC3(C)C(=CCC4C5(C)CCC(OC6OC(C(=O)O)C(O)C(OC7OC(CO)C(O)C(OC8OC(CO)C(O)C(O)C8O)C7O)C6O)C(C)(C)C5CCC43C)C2C1. The van der Waals surface area contributed by atoms with E-state index in [4.69, 9.17) is 47.4 Å². The second-order valence-corrected chi connectivity index (χ2v) is 28.7. The van der Waals surface area contributed by atoms with Crippen LogP contribution in [0.5, 0.6) is 0 Å². The van der Waals surface area contributed by atoms with Gasteiger partial charge in [0.05, 0.1) is 37.9 Å². The van der Waals surface area contributed by atoms with Gasteiger partial charge in [0.25, 0.3) is 0 Å². The molecule has 32 atom stereocenters. The molecule has 498 valence electrons. The number of aliphatic hydroxyl groups excluding tert-OH is 15. The lowest BCUT2D eigenvalue weighted by molar-refractivity contribution is -0.383. The second kappa shape index (κ2) is 24.9. The summed E-state index contributed by atoms with van der Waals surface area (Å²) in [4.78, 5) is 27.9. The van der Waals surface area contributed by atoms with Crippen LogP contribution in [0.2, 0.25) is 0 Å². The average molecular weight is 1250 g/mol. The predicted octanol–water partition coefficient (Wildman–Crippen LogP) is -3.48. The molecule has 0 aromatic heterocycles. The molecule has 9 fully saturated rings. The highest BCUT2D eigenvalue weighted by Crippen LogP contribution is 2.76. The minimum Gasteiger partial charge on any atom is -0.479 e. The fraction of sp³-hybridized carbons (Fsp3) is 0.932. The summed E-state index contributed by atoms with van der Waals surface area (Å²) in [5.41, 5.74) is -1.69. The van der Waals surface area contributed by atoms with Crippen LogP contribution in [0, 0.1) is 50.2 Å². The van der Waals surface area contributed by atoms with E-state index in [0.29, 0.717) is 51.4 Å². The highest BCUT2D eigenvalue weighted by Gasteiger charge is 2.70. The smallest absolute Gasteiger partial charge is 0.335 e. The average Bonchev–Trinajstić information content (AvgIpc) is 0.684. The van der Waals surface area contributed by atoms with Gasteiger partial charge in [-0.25, -0.2) is 4.79 Å². The first-order chi connectivity index (χ1) is 40.7. The maximum absolute atomic E-state index is 15.1. The van der Waals surface area contributed by atoms with Gasteiger partial charge in [0.1, 0.15) is 110 Å². The molecule has 87 heavy (non-hydrogen) atoms. The van der Waals surface area contributed by atoms with E-state index in [0.717, 1.165) is 12.8 Å². The zero-order chi connectivity index (χ0) is 63.6. The number of aliphatic hydroxyl groups is 15. The number of ether oxygens (including phenoxy) is 10. The molecule has 16 N–H and O–H groups in total. The molecule has 0 amide bonds. The first kappa shape index (κ1) is 67.6. The molecule has 0 bridgehead atoms. The summed E-state index contributed by atoms with van der Waals surface area (Å²) in [7, 11) is 0. The van der Waals surface area contributed by atoms with Gasteiger partial charge in [0.15, 0.2) is 31.3 Å². The van der Waals surface area contributed by atoms with Crippen molar-refractivity contribution in [3.8, 4) is 0 Å². The molecule has 0 aromatic carbocycles. The Morgan fingerprint density at radius 1 is 0.552 bits per heavy atom. The fourth-order valence-corrected chi connectivity index (χ4v) is 17.6. The van der Waals surface area contributed by atoms with Crippen LogP contribution >= 0.6 is 0 Å². The van der Waals surface area contributed by atoms with Crippen molar-refractivity contribution in [2.24, 2.45) is 50.2 Å². The minimum atomic E-state index is -2.12. The first-order valence-corrected chi connectivity index (χ1v) is 30.7. The minimum absolute atomic E-state index is 0.00156. The third-order valence-electron chi connectivity index (χ3n) is 23.1.